The first-order valence-corrected chi connectivity index (χ1v) is 6.22. The van der Waals surface area contributed by atoms with Gasteiger partial charge in [0.15, 0.2) is 0 Å². The molecule has 1 aliphatic heterocycles. The van der Waals surface area contributed by atoms with Gasteiger partial charge in [0.05, 0.1) is 12.2 Å². The van der Waals surface area contributed by atoms with E-state index in [2.05, 4.69) is 6.92 Å². The van der Waals surface area contributed by atoms with Crippen LogP contribution in [0.1, 0.15) is 30.9 Å². The fraction of sp³-hybridized carbons (Fsp3) is 0.571. The van der Waals surface area contributed by atoms with Crippen molar-refractivity contribution in [3.05, 3.63) is 23.3 Å². The van der Waals surface area contributed by atoms with Crippen LogP contribution < -0.4 is 10.5 Å². The van der Waals surface area contributed by atoms with Gasteiger partial charge < -0.3 is 15.2 Å². The summed E-state index contributed by atoms with van der Waals surface area (Å²) in [6, 6.07) is 3.92. The van der Waals surface area contributed by atoms with E-state index >= 15 is 0 Å². The van der Waals surface area contributed by atoms with Gasteiger partial charge in [0.1, 0.15) is 12.4 Å². The predicted octanol–water partition coefficient (Wildman–Crippen LogP) is 2.83. The van der Waals surface area contributed by atoms with Gasteiger partial charge in [-0.25, -0.2) is 0 Å². The molecule has 1 aromatic carbocycles. The zero-order valence-corrected chi connectivity index (χ0v) is 10.8. The smallest absolute Gasteiger partial charge is 0.127 e. The second-order valence-corrected chi connectivity index (χ2v) is 4.88. The second kappa shape index (κ2) is 4.96. The summed E-state index contributed by atoms with van der Waals surface area (Å²) in [7, 11) is 0. The van der Waals surface area contributed by atoms with Gasteiger partial charge in [0, 0.05) is 11.3 Å². The zero-order valence-electron chi connectivity index (χ0n) is 10.8. The molecule has 2 atom stereocenters. The van der Waals surface area contributed by atoms with Crippen LogP contribution in [0.5, 0.6) is 5.75 Å². The normalized spacial score (nSPS) is 23.9. The van der Waals surface area contributed by atoms with Crippen molar-refractivity contribution in [1.29, 1.82) is 0 Å². The number of ether oxygens (including phenoxy) is 2. The molecule has 17 heavy (non-hydrogen) atoms. The van der Waals surface area contributed by atoms with E-state index in [4.69, 9.17) is 15.2 Å². The van der Waals surface area contributed by atoms with Crippen LogP contribution in [-0.2, 0) is 4.74 Å². The largest absolute Gasteiger partial charge is 0.490 e. The van der Waals surface area contributed by atoms with Crippen LogP contribution in [0.3, 0.4) is 0 Å². The molecule has 0 bridgehead atoms. The van der Waals surface area contributed by atoms with Crippen LogP contribution in [0.25, 0.3) is 0 Å². The lowest BCUT2D eigenvalue weighted by atomic mass is 10.1. The first kappa shape index (κ1) is 12.2. The van der Waals surface area contributed by atoms with Crippen molar-refractivity contribution in [3.8, 4) is 5.75 Å². The Morgan fingerprint density at radius 1 is 1.35 bits per heavy atom. The third-order valence-corrected chi connectivity index (χ3v) is 3.38. The molecule has 0 amide bonds. The van der Waals surface area contributed by atoms with Crippen LogP contribution in [0.15, 0.2) is 12.1 Å². The third-order valence-electron chi connectivity index (χ3n) is 3.38. The molecule has 0 saturated carbocycles. The zero-order chi connectivity index (χ0) is 12.4. The van der Waals surface area contributed by atoms with Crippen LogP contribution in [0.4, 0.5) is 5.69 Å². The molecule has 1 saturated heterocycles. The second-order valence-electron chi connectivity index (χ2n) is 4.88. The Hall–Kier alpha value is -1.22. The number of anilines is 1. The molecule has 0 aromatic heterocycles. The molecule has 3 heteroatoms. The molecule has 3 nitrogen and oxygen atoms in total. The minimum absolute atomic E-state index is 0.227. The molecule has 0 radical (unpaired) electrons. The van der Waals surface area contributed by atoms with Gasteiger partial charge in [0.25, 0.3) is 0 Å². The third kappa shape index (κ3) is 2.72. The molecular formula is C14H21NO2. The van der Waals surface area contributed by atoms with Gasteiger partial charge in [0.2, 0.25) is 0 Å². The van der Waals surface area contributed by atoms with E-state index in [-0.39, 0.29) is 6.10 Å². The van der Waals surface area contributed by atoms with Gasteiger partial charge in [-0.15, -0.1) is 0 Å². The standard InChI is InChI=1S/C14H21NO2/c1-9-4-7-13(15)11(3)14(9)16-8-12-6-5-10(2)17-12/h4,7,10,12H,5-6,8,15H2,1-3H3. The van der Waals surface area contributed by atoms with Crippen molar-refractivity contribution < 1.29 is 9.47 Å². The SMILES string of the molecule is Cc1ccc(N)c(C)c1OCC1CCC(C)O1. The highest BCUT2D eigenvalue weighted by molar-refractivity contribution is 5.56. The molecule has 94 valence electrons. The topological polar surface area (TPSA) is 44.5 Å². The van der Waals surface area contributed by atoms with Gasteiger partial charge >= 0.3 is 0 Å². The molecular weight excluding hydrogens is 214 g/mol. The van der Waals surface area contributed by atoms with Gasteiger partial charge in [-0.3, -0.25) is 0 Å². The van der Waals surface area contributed by atoms with Gasteiger partial charge in [-0.1, -0.05) is 6.07 Å². The fourth-order valence-electron chi connectivity index (χ4n) is 2.25. The summed E-state index contributed by atoms with van der Waals surface area (Å²) >= 11 is 0. The highest BCUT2D eigenvalue weighted by atomic mass is 16.5. The number of nitrogens with two attached hydrogens (primary N) is 1. The monoisotopic (exact) mass is 235 g/mol. The van der Waals surface area contributed by atoms with E-state index in [0.717, 1.165) is 35.4 Å². The highest BCUT2D eigenvalue weighted by Gasteiger charge is 2.22. The minimum atomic E-state index is 0.227. The summed E-state index contributed by atoms with van der Waals surface area (Å²) in [6.07, 6.45) is 2.81. The quantitative estimate of drug-likeness (QED) is 0.819. The maximum Gasteiger partial charge on any atom is 0.127 e. The first-order chi connectivity index (χ1) is 8.08. The minimum Gasteiger partial charge on any atom is -0.490 e. The maximum absolute atomic E-state index is 5.88. The van der Waals surface area contributed by atoms with Crippen molar-refractivity contribution in [1.82, 2.24) is 0 Å². The average molecular weight is 235 g/mol. The Bertz CT molecular complexity index is 403. The number of benzene rings is 1. The molecule has 2 N–H and O–H groups in total. The van der Waals surface area contributed by atoms with Crippen molar-refractivity contribution in [2.45, 2.75) is 45.8 Å². The van der Waals surface area contributed by atoms with E-state index in [0.29, 0.717) is 12.7 Å². The molecule has 1 aromatic rings. The lowest BCUT2D eigenvalue weighted by molar-refractivity contribution is 0.0262. The number of hydrogen-bond donors (Lipinski definition) is 1. The summed E-state index contributed by atoms with van der Waals surface area (Å²) in [6.45, 7) is 6.77. The first-order valence-electron chi connectivity index (χ1n) is 6.22. The van der Waals surface area contributed by atoms with Crippen molar-refractivity contribution in [2.24, 2.45) is 0 Å². The average Bonchev–Trinajstić information content (AvgIpc) is 2.70. The molecule has 2 unspecified atom stereocenters. The van der Waals surface area contributed by atoms with Crippen molar-refractivity contribution >= 4 is 5.69 Å². The lowest BCUT2D eigenvalue weighted by Crippen LogP contribution is -2.18. The van der Waals surface area contributed by atoms with E-state index < -0.39 is 0 Å². The van der Waals surface area contributed by atoms with Gasteiger partial charge in [-0.05, 0) is 45.2 Å². The Balaban J connectivity index is 2.01. The summed E-state index contributed by atoms with van der Waals surface area (Å²) in [5, 5.41) is 0. The van der Waals surface area contributed by atoms with E-state index in [1.54, 1.807) is 0 Å². The predicted molar refractivity (Wildman–Crippen MR) is 69.4 cm³/mol. The molecule has 1 fully saturated rings. The van der Waals surface area contributed by atoms with E-state index in [9.17, 15) is 0 Å². The number of rotatable bonds is 3. The Morgan fingerprint density at radius 3 is 2.76 bits per heavy atom. The van der Waals surface area contributed by atoms with Crippen LogP contribution >= 0.6 is 0 Å². The molecule has 0 aliphatic carbocycles. The lowest BCUT2D eigenvalue weighted by Gasteiger charge is -2.17. The van der Waals surface area contributed by atoms with Crippen LogP contribution in [0.2, 0.25) is 0 Å². The molecule has 1 aliphatic rings. The molecule has 0 spiro atoms. The summed E-state index contributed by atoms with van der Waals surface area (Å²) < 4.78 is 11.6. The van der Waals surface area contributed by atoms with Crippen molar-refractivity contribution in [3.63, 3.8) is 0 Å². The summed E-state index contributed by atoms with van der Waals surface area (Å²) in [5.41, 5.74) is 8.82. The maximum atomic E-state index is 5.88. The number of hydrogen-bond acceptors (Lipinski definition) is 3. The molecule has 2 rings (SSSR count). The Kier molecular flexibility index (Phi) is 3.57. The number of nitrogen functional groups attached to an aromatic ring is 1. The Labute approximate surface area is 103 Å². The highest BCUT2D eigenvalue weighted by Crippen LogP contribution is 2.29. The van der Waals surface area contributed by atoms with Gasteiger partial charge in [-0.2, -0.15) is 0 Å². The fourth-order valence-corrected chi connectivity index (χ4v) is 2.25. The van der Waals surface area contributed by atoms with E-state index in [1.807, 2.05) is 26.0 Å². The summed E-state index contributed by atoms with van der Waals surface area (Å²) in [5.74, 6) is 0.910. The molecule has 1 heterocycles. The number of aryl methyl sites for hydroxylation is 1. The summed E-state index contributed by atoms with van der Waals surface area (Å²) in [4.78, 5) is 0. The van der Waals surface area contributed by atoms with Crippen LogP contribution in [-0.4, -0.2) is 18.8 Å². The Morgan fingerprint density at radius 2 is 2.12 bits per heavy atom. The van der Waals surface area contributed by atoms with Crippen LogP contribution in [0, 0.1) is 13.8 Å². The van der Waals surface area contributed by atoms with E-state index in [1.165, 1.54) is 0 Å². The van der Waals surface area contributed by atoms with Crippen molar-refractivity contribution in [2.75, 3.05) is 12.3 Å².